The largest absolute Gasteiger partial charge is 0.465 e. The molecule has 1 fully saturated rings. The van der Waals surface area contributed by atoms with Crippen LogP contribution in [0.2, 0.25) is 0 Å². The number of hydrogen-bond acceptors (Lipinski definition) is 6. The molecule has 0 radical (unpaired) electrons. The average molecular weight is 518 g/mol. The van der Waals surface area contributed by atoms with Crippen molar-refractivity contribution in [2.45, 2.75) is 57.9 Å². The van der Waals surface area contributed by atoms with Crippen LogP contribution in [0.5, 0.6) is 11.5 Å². The van der Waals surface area contributed by atoms with Crippen molar-refractivity contribution in [3.05, 3.63) is 83.3 Å². The van der Waals surface area contributed by atoms with E-state index in [-0.39, 0.29) is 30.4 Å². The van der Waals surface area contributed by atoms with Gasteiger partial charge < -0.3 is 24.5 Å². The van der Waals surface area contributed by atoms with Crippen molar-refractivity contribution in [3.63, 3.8) is 0 Å². The molecule has 2 N–H and O–H groups in total. The maximum atomic E-state index is 12.8. The minimum absolute atomic E-state index is 0.0671. The minimum atomic E-state index is -0.183. The molecule has 1 saturated heterocycles. The van der Waals surface area contributed by atoms with Gasteiger partial charge in [0, 0.05) is 38.9 Å². The fourth-order valence-corrected chi connectivity index (χ4v) is 4.91. The van der Waals surface area contributed by atoms with Gasteiger partial charge in [0.1, 0.15) is 23.0 Å². The average Bonchev–Trinajstić information content (AvgIpc) is 3.53. The molecule has 8 nitrogen and oxygen atoms in total. The zero-order valence-corrected chi connectivity index (χ0v) is 21.8. The summed E-state index contributed by atoms with van der Waals surface area (Å²) in [7, 11) is 0. The molecule has 200 valence electrons. The second kappa shape index (κ2) is 12.3. The number of fused-ring (bicyclic) bond motifs is 10. The zero-order valence-electron chi connectivity index (χ0n) is 21.8. The van der Waals surface area contributed by atoms with Gasteiger partial charge in [-0.25, -0.2) is 0 Å². The Bertz CT molecular complexity index is 1240. The topological polar surface area (TPSA) is 93.0 Å². The lowest BCUT2D eigenvalue weighted by molar-refractivity contribution is -0.123. The predicted octanol–water partition coefficient (Wildman–Crippen LogP) is 3.97. The molecule has 0 aliphatic carbocycles. The van der Waals surface area contributed by atoms with Gasteiger partial charge in [0.2, 0.25) is 11.8 Å². The van der Waals surface area contributed by atoms with Crippen molar-refractivity contribution in [2.75, 3.05) is 19.6 Å². The van der Waals surface area contributed by atoms with Crippen LogP contribution < -0.4 is 15.4 Å². The van der Waals surface area contributed by atoms with E-state index in [1.807, 2.05) is 60.7 Å². The Kier molecular flexibility index (Phi) is 8.41. The van der Waals surface area contributed by atoms with E-state index in [1.165, 1.54) is 0 Å². The lowest BCUT2D eigenvalue weighted by atomic mass is 10.1. The third kappa shape index (κ3) is 7.02. The highest BCUT2D eigenvalue weighted by Gasteiger charge is 2.35. The molecule has 2 amide bonds. The summed E-state index contributed by atoms with van der Waals surface area (Å²) in [4.78, 5) is 27.3. The molecule has 4 heterocycles. The van der Waals surface area contributed by atoms with Gasteiger partial charge in [0.15, 0.2) is 0 Å². The predicted molar refractivity (Wildman–Crippen MR) is 143 cm³/mol. The Morgan fingerprint density at radius 3 is 2.53 bits per heavy atom. The van der Waals surface area contributed by atoms with Gasteiger partial charge in [-0.2, -0.15) is 0 Å². The van der Waals surface area contributed by atoms with Crippen LogP contribution in [0.4, 0.5) is 0 Å². The van der Waals surface area contributed by atoms with E-state index in [4.69, 9.17) is 13.9 Å². The summed E-state index contributed by atoms with van der Waals surface area (Å²) in [5.74, 6) is 3.18. The molecule has 3 aliphatic rings. The van der Waals surface area contributed by atoms with Crippen LogP contribution in [0.15, 0.2) is 65.1 Å². The number of nitrogens with one attached hydrogen (secondary N) is 2. The van der Waals surface area contributed by atoms with Crippen LogP contribution in [0.3, 0.4) is 0 Å². The number of carbonyl (C=O) groups excluding carboxylic acids is 2. The molecule has 2 aromatic carbocycles. The monoisotopic (exact) mass is 517 g/mol. The third-order valence-electron chi connectivity index (χ3n) is 6.97. The second-order valence-electron chi connectivity index (χ2n) is 9.93. The number of aryl methyl sites for hydroxylation is 2. The molecular weight excluding hydrogens is 482 g/mol. The summed E-state index contributed by atoms with van der Waals surface area (Å²) in [6.45, 7) is 4.76. The van der Waals surface area contributed by atoms with Crippen molar-refractivity contribution in [2.24, 2.45) is 0 Å². The Labute approximate surface area is 223 Å². The van der Waals surface area contributed by atoms with Crippen molar-refractivity contribution >= 4 is 11.8 Å². The summed E-state index contributed by atoms with van der Waals surface area (Å²) in [6.07, 6.45) is 1.89. The van der Waals surface area contributed by atoms with Crippen molar-refractivity contribution in [1.29, 1.82) is 0 Å². The Morgan fingerprint density at radius 1 is 0.868 bits per heavy atom. The van der Waals surface area contributed by atoms with E-state index in [2.05, 4.69) is 22.5 Å². The van der Waals surface area contributed by atoms with Crippen LogP contribution in [0.25, 0.3) is 0 Å². The molecule has 0 saturated carbocycles. The van der Waals surface area contributed by atoms with Gasteiger partial charge >= 0.3 is 0 Å². The first kappa shape index (κ1) is 26.0. The number of rotatable bonds is 3. The minimum Gasteiger partial charge on any atom is -0.465 e. The van der Waals surface area contributed by atoms with Crippen molar-refractivity contribution in [1.82, 2.24) is 15.5 Å². The number of furan rings is 1. The van der Waals surface area contributed by atoms with Gasteiger partial charge in [-0.3, -0.25) is 14.5 Å². The van der Waals surface area contributed by atoms with E-state index in [1.54, 1.807) is 0 Å². The number of hydrogen-bond donors (Lipinski definition) is 2. The lowest BCUT2D eigenvalue weighted by Crippen LogP contribution is -2.44. The Morgan fingerprint density at radius 2 is 1.71 bits per heavy atom. The molecule has 3 aliphatic heterocycles. The standard InChI is InChI=1S/C30H35N3O5/c1-2-23-11-12-26(37-23)17-33-18-27-28(19-33)36-20-22-4-3-5-25(16-22)38-24-9-6-21(7-10-24)8-13-29(34)31-15-14-30(35)32-27/h3-7,9-12,16,27-28H,2,8,13-15,17-20H2,1H3,(H,31,34)(H,32,35)/t27-,28-/m0/s1. The van der Waals surface area contributed by atoms with Crippen LogP contribution in [0, 0.1) is 0 Å². The second-order valence-corrected chi connectivity index (χ2v) is 9.93. The number of ether oxygens (including phenoxy) is 2. The molecule has 0 unspecified atom stereocenters. The van der Waals surface area contributed by atoms with E-state index in [9.17, 15) is 9.59 Å². The molecular formula is C30H35N3O5. The summed E-state index contributed by atoms with van der Waals surface area (Å²) < 4.78 is 18.3. The molecule has 4 bridgehead atoms. The maximum absolute atomic E-state index is 12.8. The first-order valence-electron chi connectivity index (χ1n) is 13.4. The third-order valence-corrected chi connectivity index (χ3v) is 6.97. The molecule has 2 atom stereocenters. The summed E-state index contributed by atoms with van der Waals surface area (Å²) in [5.41, 5.74) is 2.05. The molecule has 0 spiro atoms. The molecule has 6 rings (SSSR count). The van der Waals surface area contributed by atoms with Gasteiger partial charge in [0.25, 0.3) is 0 Å². The Hall–Kier alpha value is -3.62. The molecule has 38 heavy (non-hydrogen) atoms. The summed E-state index contributed by atoms with van der Waals surface area (Å²) in [6, 6.07) is 19.5. The fourth-order valence-electron chi connectivity index (χ4n) is 4.91. The van der Waals surface area contributed by atoms with E-state index in [0.29, 0.717) is 45.6 Å². The highest BCUT2D eigenvalue weighted by molar-refractivity contribution is 5.79. The molecule has 8 heteroatoms. The van der Waals surface area contributed by atoms with Crippen LogP contribution >= 0.6 is 0 Å². The SMILES string of the molecule is CCc1ccc(CN2C[C@@H]3NC(=O)CCNC(=O)CCc4ccc(cc4)Oc4cccc(c4)CO[C@H]3C2)o1. The number of benzene rings is 2. The van der Waals surface area contributed by atoms with Crippen LogP contribution in [-0.4, -0.2) is 48.5 Å². The summed E-state index contributed by atoms with van der Waals surface area (Å²) >= 11 is 0. The number of carbonyl (C=O) groups is 2. The normalized spacial score (nSPS) is 21.3. The van der Waals surface area contributed by atoms with Gasteiger partial charge in [-0.05, 0) is 53.9 Å². The van der Waals surface area contributed by atoms with Gasteiger partial charge in [-0.15, -0.1) is 0 Å². The fraction of sp³-hybridized carbons (Fsp3) is 0.400. The smallest absolute Gasteiger partial charge is 0.222 e. The van der Waals surface area contributed by atoms with Gasteiger partial charge in [0.05, 0.1) is 25.3 Å². The van der Waals surface area contributed by atoms with Crippen LogP contribution in [0.1, 0.15) is 42.4 Å². The van der Waals surface area contributed by atoms with E-state index in [0.717, 1.165) is 40.6 Å². The zero-order chi connectivity index (χ0) is 26.3. The van der Waals surface area contributed by atoms with Crippen LogP contribution in [-0.2, 0) is 40.3 Å². The first-order chi connectivity index (χ1) is 18.5. The quantitative estimate of drug-likeness (QED) is 0.546. The van der Waals surface area contributed by atoms with E-state index >= 15 is 0 Å². The van der Waals surface area contributed by atoms with Crippen molar-refractivity contribution < 1.29 is 23.5 Å². The molecule has 3 aromatic rings. The number of amides is 2. The highest BCUT2D eigenvalue weighted by Crippen LogP contribution is 2.25. The number of nitrogens with zero attached hydrogens (tertiary/aromatic N) is 1. The lowest BCUT2D eigenvalue weighted by Gasteiger charge is -2.21. The van der Waals surface area contributed by atoms with Gasteiger partial charge in [-0.1, -0.05) is 31.2 Å². The molecule has 1 aromatic heterocycles. The first-order valence-corrected chi connectivity index (χ1v) is 13.4. The highest BCUT2D eigenvalue weighted by atomic mass is 16.5. The van der Waals surface area contributed by atoms with Crippen molar-refractivity contribution in [3.8, 4) is 11.5 Å². The number of likely N-dealkylation sites (tertiary alicyclic amines) is 1. The maximum Gasteiger partial charge on any atom is 0.222 e. The summed E-state index contributed by atoms with van der Waals surface area (Å²) in [5, 5.41) is 6.00. The Balaban J connectivity index is 1.31. The van der Waals surface area contributed by atoms with E-state index < -0.39 is 0 Å².